The van der Waals surface area contributed by atoms with Crippen LogP contribution in [0.15, 0.2) is 30.5 Å². The molecule has 0 aliphatic carbocycles. The van der Waals surface area contributed by atoms with Crippen molar-refractivity contribution in [3.63, 3.8) is 0 Å². The number of H-pyrrole nitrogens is 1. The number of benzene rings is 1. The Morgan fingerprint density at radius 1 is 1.08 bits per heavy atom. The van der Waals surface area contributed by atoms with Crippen molar-refractivity contribution >= 4 is 40.6 Å². The maximum Gasteiger partial charge on any atom is 0.326 e. The highest BCUT2D eigenvalue weighted by Crippen LogP contribution is 2.21. The number of hydrogen-bond acceptors (Lipinski definition) is 6. The molecule has 0 bridgehead atoms. The molecule has 212 valence electrons. The van der Waals surface area contributed by atoms with Crippen LogP contribution < -0.4 is 16.4 Å². The molecular formula is C27H37N5O7. The van der Waals surface area contributed by atoms with Gasteiger partial charge in [-0.25, -0.2) is 4.79 Å². The van der Waals surface area contributed by atoms with E-state index in [1.807, 2.05) is 38.1 Å². The number of amides is 3. The van der Waals surface area contributed by atoms with Gasteiger partial charge in [-0.15, -0.1) is 0 Å². The summed E-state index contributed by atoms with van der Waals surface area (Å²) in [4.78, 5) is 67.0. The fourth-order valence-corrected chi connectivity index (χ4v) is 4.91. The molecule has 0 spiro atoms. The molecular weight excluding hydrogens is 506 g/mol. The van der Waals surface area contributed by atoms with Crippen molar-refractivity contribution in [3.05, 3.63) is 36.0 Å². The van der Waals surface area contributed by atoms with E-state index in [9.17, 15) is 34.2 Å². The molecule has 4 unspecified atom stereocenters. The van der Waals surface area contributed by atoms with Gasteiger partial charge in [0.15, 0.2) is 0 Å². The lowest BCUT2D eigenvalue weighted by Crippen LogP contribution is -2.57. The van der Waals surface area contributed by atoms with E-state index in [-0.39, 0.29) is 31.7 Å². The first-order chi connectivity index (χ1) is 18.5. The van der Waals surface area contributed by atoms with Crippen LogP contribution in [0.3, 0.4) is 0 Å². The Balaban J connectivity index is 1.86. The Morgan fingerprint density at radius 2 is 1.77 bits per heavy atom. The second-order valence-corrected chi connectivity index (χ2v) is 10.4. The van der Waals surface area contributed by atoms with Crippen LogP contribution >= 0.6 is 0 Å². The molecule has 1 aliphatic heterocycles. The van der Waals surface area contributed by atoms with Crippen LogP contribution in [-0.2, 0) is 30.4 Å². The third-order valence-electron chi connectivity index (χ3n) is 6.88. The highest BCUT2D eigenvalue weighted by atomic mass is 16.4. The minimum absolute atomic E-state index is 0.0806. The molecule has 12 heteroatoms. The average molecular weight is 544 g/mol. The topological polar surface area (TPSA) is 195 Å². The Morgan fingerprint density at radius 3 is 2.44 bits per heavy atom. The van der Waals surface area contributed by atoms with E-state index < -0.39 is 60.2 Å². The number of rotatable bonds is 13. The van der Waals surface area contributed by atoms with Gasteiger partial charge in [-0.2, -0.15) is 0 Å². The Labute approximate surface area is 226 Å². The summed E-state index contributed by atoms with van der Waals surface area (Å²) in [6, 6.07) is 3.17. The number of nitrogens with two attached hydrogens (primary N) is 1. The van der Waals surface area contributed by atoms with Gasteiger partial charge in [-0.3, -0.25) is 19.2 Å². The van der Waals surface area contributed by atoms with Crippen LogP contribution in [0, 0.1) is 5.92 Å². The van der Waals surface area contributed by atoms with Crippen molar-refractivity contribution in [2.45, 2.75) is 76.5 Å². The molecule has 0 saturated carbocycles. The zero-order valence-electron chi connectivity index (χ0n) is 22.2. The third-order valence-corrected chi connectivity index (χ3v) is 6.88. The minimum Gasteiger partial charge on any atom is -0.481 e. The van der Waals surface area contributed by atoms with E-state index in [0.717, 1.165) is 16.5 Å². The fourth-order valence-electron chi connectivity index (χ4n) is 4.91. The Kier molecular flexibility index (Phi) is 10.0. The van der Waals surface area contributed by atoms with E-state index in [0.29, 0.717) is 12.8 Å². The molecule has 39 heavy (non-hydrogen) atoms. The van der Waals surface area contributed by atoms with Crippen molar-refractivity contribution in [2.75, 3.05) is 6.54 Å². The maximum absolute atomic E-state index is 13.6. The van der Waals surface area contributed by atoms with Crippen LogP contribution in [0.5, 0.6) is 0 Å². The Bertz CT molecular complexity index is 1210. The summed E-state index contributed by atoms with van der Waals surface area (Å²) in [7, 11) is 0. The van der Waals surface area contributed by atoms with Crippen molar-refractivity contribution < 1.29 is 34.2 Å². The molecule has 1 saturated heterocycles. The average Bonchev–Trinajstić information content (AvgIpc) is 3.53. The van der Waals surface area contributed by atoms with Gasteiger partial charge in [-0.1, -0.05) is 32.0 Å². The molecule has 2 aromatic rings. The summed E-state index contributed by atoms with van der Waals surface area (Å²) in [6.07, 6.45) is 2.32. The predicted octanol–water partition coefficient (Wildman–Crippen LogP) is 0.994. The van der Waals surface area contributed by atoms with E-state index in [2.05, 4.69) is 15.6 Å². The number of aliphatic carboxylic acids is 2. The Hall–Kier alpha value is -3.93. The van der Waals surface area contributed by atoms with Gasteiger partial charge in [0.2, 0.25) is 17.7 Å². The molecule has 3 amide bonds. The number of carboxylic acid groups (broad SMARTS) is 2. The molecule has 3 rings (SSSR count). The summed E-state index contributed by atoms with van der Waals surface area (Å²) in [6.45, 7) is 4.03. The second kappa shape index (κ2) is 13.2. The zero-order valence-corrected chi connectivity index (χ0v) is 22.2. The quantitative estimate of drug-likeness (QED) is 0.215. The first kappa shape index (κ1) is 29.6. The number of aromatic nitrogens is 1. The van der Waals surface area contributed by atoms with Crippen LogP contribution in [0.1, 0.15) is 51.5 Å². The summed E-state index contributed by atoms with van der Waals surface area (Å²) >= 11 is 0. The van der Waals surface area contributed by atoms with Crippen LogP contribution in [0.25, 0.3) is 10.9 Å². The summed E-state index contributed by atoms with van der Waals surface area (Å²) in [5.41, 5.74) is 7.65. The third kappa shape index (κ3) is 7.79. The lowest BCUT2D eigenvalue weighted by molar-refractivity contribution is -0.150. The molecule has 7 N–H and O–H groups in total. The number of nitrogens with one attached hydrogen (secondary N) is 3. The molecule has 1 aromatic carbocycles. The maximum atomic E-state index is 13.6. The molecule has 4 atom stereocenters. The number of carbonyl (C=O) groups is 5. The minimum atomic E-state index is -1.28. The predicted molar refractivity (Wildman–Crippen MR) is 143 cm³/mol. The first-order valence-electron chi connectivity index (χ1n) is 13.1. The van der Waals surface area contributed by atoms with E-state index in [4.69, 9.17) is 5.73 Å². The van der Waals surface area contributed by atoms with Gasteiger partial charge in [0.05, 0.1) is 6.04 Å². The van der Waals surface area contributed by atoms with E-state index >= 15 is 0 Å². The lowest BCUT2D eigenvalue weighted by atomic mass is 10.0. The molecule has 0 radical (unpaired) electrons. The number of para-hydroxylation sites is 1. The number of carboxylic acids is 2. The highest BCUT2D eigenvalue weighted by molar-refractivity contribution is 5.95. The largest absolute Gasteiger partial charge is 0.481 e. The molecule has 1 aliphatic rings. The van der Waals surface area contributed by atoms with Crippen molar-refractivity contribution in [3.8, 4) is 0 Å². The smallest absolute Gasteiger partial charge is 0.326 e. The second-order valence-electron chi connectivity index (χ2n) is 10.4. The lowest BCUT2D eigenvalue weighted by Gasteiger charge is -2.29. The van der Waals surface area contributed by atoms with Crippen LogP contribution in [-0.4, -0.2) is 80.5 Å². The molecule has 1 fully saturated rings. The summed E-state index contributed by atoms with van der Waals surface area (Å²) in [5.74, 6) is -4.06. The summed E-state index contributed by atoms with van der Waals surface area (Å²) in [5, 5.41) is 24.9. The number of carbonyl (C=O) groups excluding carboxylic acids is 3. The monoisotopic (exact) mass is 543 g/mol. The van der Waals surface area contributed by atoms with E-state index in [1.165, 1.54) is 4.90 Å². The van der Waals surface area contributed by atoms with E-state index in [1.54, 1.807) is 6.20 Å². The van der Waals surface area contributed by atoms with Gasteiger partial charge in [-0.05, 0) is 43.2 Å². The van der Waals surface area contributed by atoms with Crippen molar-refractivity contribution in [2.24, 2.45) is 11.7 Å². The normalized spacial score (nSPS) is 17.5. The number of aromatic amines is 1. The van der Waals surface area contributed by atoms with Gasteiger partial charge < -0.3 is 36.5 Å². The van der Waals surface area contributed by atoms with Gasteiger partial charge in [0.25, 0.3) is 0 Å². The zero-order chi connectivity index (χ0) is 28.7. The van der Waals surface area contributed by atoms with Gasteiger partial charge in [0.1, 0.15) is 18.1 Å². The highest BCUT2D eigenvalue weighted by Gasteiger charge is 2.38. The molecule has 1 aromatic heterocycles. The number of fused-ring (bicyclic) bond motifs is 1. The number of likely N-dealkylation sites (tertiary alicyclic amines) is 1. The summed E-state index contributed by atoms with van der Waals surface area (Å²) < 4.78 is 0. The van der Waals surface area contributed by atoms with Gasteiger partial charge in [0, 0.05) is 36.5 Å². The SMILES string of the molecule is CC(C)CC(N)C(=O)NC(Cc1c[nH]c2ccccc12)C(=O)NC(CCC(=O)O)C(=O)N1CCCC1C(=O)O. The first-order valence-corrected chi connectivity index (χ1v) is 13.1. The van der Waals surface area contributed by atoms with Gasteiger partial charge >= 0.3 is 11.9 Å². The fraction of sp³-hybridized carbons (Fsp3) is 0.519. The number of hydrogen-bond donors (Lipinski definition) is 6. The molecule has 12 nitrogen and oxygen atoms in total. The van der Waals surface area contributed by atoms with Crippen molar-refractivity contribution in [1.82, 2.24) is 20.5 Å². The molecule has 2 heterocycles. The van der Waals surface area contributed by atoms with Crippen LogP contribution in [0.2, 0.25) is 0 Å². The van der Waals surface area contributed by atoms with Crippen molar-refractivity contribution in [1.29, 1.82) is 0 Å². The number of nitrogens with zero attached hydrogens (tertiary/aromatic N) is 1. The standard InChI is InChI=1S/C27H37N5O7/c1-15(2)12-18(28)24(35)31-21(13-16-14-29-19-7-4-3-6-17(16)19)25(36)30-20(9-10-23(33)34)26(37)32-11-5-8-22(32)27(38)39/h3-4,6-7,14-15,18,20-22,29H,5,8-13,28H2,1-2H3,(H,30,36)(H,31,35)(H,33,34)(H,38,39). The van der Waals surface area contributed by atoms with Crippen LogP contribution in [0.4, 0.5) is 0 Å².